The number of allylic oxidation sites excluding steroid dienone is 1. The van der Waals surface area contributed by atoms with Crippen LogP contribution in [0.2, 0.25) is 0 Å². The van der Waals surface area contributed by atoms with Gasteiger partial charge in [0.25, 0.3) is 0 Å². The Morgan fingerprint density at radius 3 is 1.96 bits per heavy atom. The van der Waals surface area contributed by atoms with E-state index in [9.17, 15) is 19.2 Å². The van der Waals surface area contributed by atoms with E-state index >= 15 is 0 Å². The first-order valence-electron chi connectivity index (χ1n) is 8.68. The van der Waals surface area contributed by atoms with Crippen molar-refractivity contribution in [1.29, 1.82) is 0 Å². The SMILES string of the molecule is C=CCCCO[C@@H]1O[C@H](C(=O)OC)[C@@H](OC(C)=O)[C@H](OC(C)=O)[C@H]1OC(C)=O. The lowest BCUT2D eigenvalue weighted by Gasteiger charge is -2.43. The zero-order valence-corrected chi connectivity index (χ0v) is 16.4. The van der Waals surface area contributed by atoms with Crippen molar-refractivity contribution in [3.05, 3.63) is 12.7 Å². The monoisotopic (exact) mass is 402 g/mol. The Morgan fingerprint density at radius 1 is 0.929 bits per heavy atom. The minimum Gasteiger partial charge on any atom is -0.467 e. The van der Waals surface area contributed by atoms with Crippen LogP contribution in [0.5, 0.6) is 0 Å². The van der Waals surface area contributed by atoms with Gasteiger partial charge in [0.15, 0.2) is 30.7 Å². The predicted octanol–water partition coefficient (Wildman–Crippen LogP) is 0.662. The molecule has 0 aromatic carbocycles. The van der Waals surface area contributed by atoms with Crippen LogP contribution in [0.25, 0.3) is 0 Å². The van der Waals surface area contributed by atoms with Crippen LogP contribution in [0, 0.1) is 0 Å². The van der Waals surface area contributed by atoms with Gasteiger partial charge in [0, 0.05) is 20.8 Å². The van der Waals surface area contributed by atoms with Gasteiger partial charge in [-0.3, -0.25) is 14.4 Å². The second-order valence-corrected chi connectivity index (χ2v) is 5.97. The molecule has 0 aliphatic carbocycles. The summed E-state index contributed by atoms with van der Waals surface area (Å²) in [5, 5.41) is 0. The molecule has 10 heteroatoms. The molecular formula is C18H26O10. The van der Waals surface area contributed by atoms with Gasteiger partial charge in [-0.2, -0.15) is 0 Å². The molecule has 0 aromatic rings. The average molecular weight is 402 g/mol. The Morgan fingerprint density at radius 2 is 1.46 bits per heavy atom. The fourth-order valence-corrected chi connectivity index (χ4v) is 2.64. The Kier molecular flexibility index (Phi) is 9.60. The van der Waals surface area contributed by atoms with Crippen molar-refractivity contribution >= 4 is 23.9 Å². The highest BCUT2D eigenvalue weighted by molar-refractivity contribution is 5.77. The van der Waals surface area contributed by atoms with Crippen LogP contribution in [0.15, 0.2) is 12.7 Å². The number of carbonyl (C=O) groups is 4. The largest absolute Gasteiger partial charge is 0.467 e. The number of hydrogen-bond donors (Lipinski definition) is 0. The van der Waals surface area contributed by atoms with Crippen LogP contribution < -0.4 is 0 Å². The van der Waals surface area contributed by atoms with Crippen molar-refractivity contribution in [2.45, 2.75) is 64.3 Å². The summed E-state index contributed by atoms with van der Waals surface area (Å²) in [5.41, 5.74) is 0. The molecule has 0 bridgehead atoms. The van der Waals surface area contributed by atoms with Gasteiger partial charge in [0.2, 0.25) is 0 Å². The number of carbonyl (C=O) groups excluding carboxylic acids is 4. The Labute approximate surface area is 163 Å². The fourth-order valence-electron chi connectivity index (χ4n) is 2.64. The van der Waals surface area contributed by atoms with Crippen molar-refractivity contribution in [2.24, 2.45) is 0 Å². The van der Waals surface area contributed by atoms with Gasteiger partial charge >= 0.3 is 23.9 Å². The van der Waals surface area contributed by atoms with Gasteiger partial charge in [-0.25, -0.2) is 4.79 Å². The van der Waals surface area contributed by atoms with E-state index in [1.54, 1.807) is 6.08 Å². The van der Waals surface area contributed by atoms with E-state index in [0.29, 0.717) is 12.8 Å². The standard InChI is InChI=1S/C18H26O10/c1-6-7-8-9-24-18-16(27-12(4)21)14(26-11(3)20)13(25-10(2)19)15(28-18)17(22)23-5/h6,13-16,18H,1,7-9H2,2-5H3/t13-,14-,15-,16+,18+/m0/s1. The summed E-state index contributed by atoms with van der Waals surface area (Å²) in [4.78, 5) is 46.9. The zero-order valence-electron chi connectivity index (χ0n) is 16.4. The molecule has 1 fully saturated rings. The molecule has 1 rings (SSSR count). The molecule has 1 saturated heterocycles. The Bertz CT molecular complexity index is 587. The third-order valence-electron chi connectivity index (χ3n) is 3.67. The number of rotatable bonds is 9. The van der Waals surface area contributed by atoms with Crippen molar-refractivity contribution in [1.82, 2.24) is 0 Å². The highest BCUT2D eigenvalue weighted by Crippen LogP contribution is 2.30. The average Bonchev–Trinajstić information content (AvgIpc) is 2.61. The summed E-state index contributed by atoms with van der Waals surface area (Å²) in [6.45, 7) is 7.17. The van der Waals surface area contributed by atoms with E-state index in [4.69, 9.17) is 28.4 Å². The number of esters is 4. The molecular weight excluding hydrogens is 376 g/mol. The second kappa shape index (κ2) is 11.4. The van der Waals surface area contributed by atoms with Gasteiger partial charge in [-0.15, -0.1) is 6.58 Å². The van der Waals surface area contributed by atoms with Gasteiger partial charge < -0.3 is 28.4 Å². The molecule has 10 nitrogen and oxygen atoms in total. The quantitative estimate of drug-likeness (QED) is 0.235. The maximum absolute atomic E-state index is 12.2. The number of unbranched alkanes of at least 4 members (excludes halogenated alkanes) is 1. The minimum atomic E-state index is -1.45. The molecule has 0 saturated carbocycles. The number of hydrogen-bond acceptors (Lipinski definition) is 10. The summed E-state index contributed by atoms with van der Waals surface area (Å²) in [6, 6.07) is 0. The maximum Gasteiger partial charge on any atom is 0.339 e. The van der Waals surface area contributed by atoms with Crippen LogP contribution in [0.3, 0.4) is 0 Å². The highest BCUT2D eigenvalue weighted by atomic mass is 16.7. The molecule has 1 aliphatic heterocycles. The Balaban J connectivity index is 3.24. The zero-order chi connectivity index (χ0) is 21.3. The van der Waals surface area contributed by atoms with E-state index in [-0.39, 0.29) is 6.61 Å². The molecule has 0 spiro atoms. The molecule has 0 radical (unpaired) electrons. The summed E-state index contributed by atoms with van der Waals surface area (Å²) in [5.74, 6) is -3.07. The highest BCUT2D eigenvalue weighted by Gasteiger charge is 2.55. The maximum atomic E-state index is 12.2. The predicted molar refractivity (Wildman–Crippen MR) is 92.7 cm³/mol. The number of methoxy groups -OCH3 is 1. The summed E-state index contributed by atoms with van der Waals surface area (Å²) in [7, 11) is 1.12. The first-order valence-corrected chi connectivity index (χ1v) is 8.68. The molecule has 0 N–H and O–H groups in total. The summed E-state index contributed by atoms with van der Waals surface area (Å²) in [6.07, 6.45) is -3.76. The molecule has 1 heterocycles. The van der Waals surface area contributed by atoms with Crippen LogP contribution in [-0.2, 0) is 47.6 Å². The minimum absolute atomic E-state index is 0.188. The van der Waals surface area contributed by atoms with Crippen molar-refractivity contribution < 1.29 is 47.6 Å². The first-order chi connectivity index (χ1) is 13.2. The molecule has 158 valence electrons. The normalized spacial score (nSPS) is 26.6. The van der Waals surface area contributed by atoms with E-state index in [1.807, 2.05) is 0 Å². The van der Waals surface area contributed by atoms with Crippen LogP contribution >= 0.6 is 0 Å². The van der Waals surface area contributed by atoms with E-state index < -0.39 is 54.6 Å². The summed E-state index contributed by atoms with van der Waals surface area (Å²) >= 11 is 0. The van der Waals surface area contributed by atoms with Gasteiger partial charge in [-0.05, 0) is 12.8 Å². The molecule has 5 atom stereocenters. The lowest BCUT2D eigenvalue weighted by atomic mass is 9.97. The van der Waals surface area contributed by atoms with E-state index in [1.165, 1.54) is 0 Å². The molecule has 0 aromatic heterocycles. The van der Waals surface area contributed by atoms with Crippen LogP contribution in [0.1, 0.15) is 33.6 Å². The van der Waals surface area contributed by atoms with E-state index in [0.717, 1.165) is 27.9 Å². The van der Waals surface area contributed by atoms with Crippen LogP contribution in [0.4, 0.5) is 0 Å². The van der Waals surface area contributed by atoms with Crippen molar-refractivity contribution in [3.63, 3.8) is 0 Å². The third kappa shape index (κ3) is 6.93. The second-order valence-electron chi connectivity index (χ2n) is 5.97. The smallest absolute Gasteiger partial charge is 0.339 e. The van der Waals surface area contributed by atoms with Crippen molar-refractivity contribution in [2.75, 3.05) is 13.7 Å². The molecule has 0 amide bonds. The third-order valence-corrected chi connectivity index (χ3v) is 3.67. The van der Waals surface area contributed by atoms with Gasteiger partial charge in [-0.1, -0.05) is 6.08 Å². The molecule has 0 unspecified atom stereocenters. The van der Waals surface area contributed by atoms with Crippen LogP contribution in [-0.4, -0.2) is 68.3 Å². The topological polar surface area (TPSA) is 124 Å². The lowest BCUT2D eigenvalue weighted by Crippen LogP contribution is -2.63. The fraction of sp³-hybridized carbons (Fsp3) is 0.667. The van der Waals surface area contributed by atoms with Crippen molar-refractivity contribution in [3.8, 4) is 0 Å². The van der Waals surface area contributed by atoms with E-state index in [2.05, 4.69) is 6.58 Å². The number of ether oxygens (including phenoxy) is 6. The van der Waals surface area contributed by atoms with Gasteiger partial charge in [0.05, 0.1) is 13.7 Å². The lowest BCUT2D eigenvalue weighted by molar-refractivity contribution is -0.301. The molecule has 1 aliphatic rings. The molecule has 28 heavy (non-hydrogen) atoms. The Hall–Kier alpha value is -2.46. The summed E-state index contributed by atoms with van der Waals surface area (Å²) < 4.78 is 31.5. The van der Waals surface area contributed by atoms with Gasteiger partial charge in [0.1, 0.15) is 0 Å². The first kappa shape index (κ1) is 23.6.